The van der Waals surface area contributed by atoms with E-state index in [4.69, 9.17) is 0 Å². The van der Waals surface area contributed by atoms with Gasteiger partial charge in [-0.05, 0) is 12.3 Å². The molecule has 2 atom stereocenters. The lowest BCUT2D eigenvalue weighted by Crippen LogP contribution is -2.49. The van der Waals surface area contributed by atoms with Gasteiger partial charge in [-0.25, -0.2) is 0 Å². The maximum atomic E-state index is 2.41. The lowest BCUT2D eigenvalue weighted by atomic mass is 9.84. The molecule has 0 radical (unpaired) electrons. The van der Waals surface area contributed by atoms with Crippen molar-refractivity contribution in [3.05, 3.63) is 0 Å². The maximum absolute atomic E-state index is 2.41. The van der Waals surface area contributed by atoms with Crippen LogP contribution in [0.2, 0.25) is 0 Å². The van der Waals surface area contributed by atoms with Gasteiger partial charge >= 0.3 is 0 Å². The Morgan fingerprint density at radius 1 is 1.36 bits per heavy atom. The SMILES string of the molecule is CCC1CC[N+](C)(C)CC1C. The standard InChI is InChI=1S/C10H22N/c1-5-10-6-7-11(3,4)8-9(10)2/h9-10H,5-8H2,1-4H3/q+1. The third-order valence-electron chi connectivity index (χ3n) is 3.22. The number of likely N-dealkylation sites (tertiary alicyclic amines) is 1. The molecular formula is C10H22N+. The third kappa shape index (κ3) is 2.19. The molecule has 0 amide bonds. The minimum atomic E-state index is 0.934. The predicted octanol–water partition coefficient (Wildman–Crippen LogP) is 2.13. The summed E-state index contributed by atoms with van der Waals surface area (Å²) in [4.78, 5) is 0. The van der Waals surface area contributed by atoms with Crippen LogP contribution in [0.25, 0.3) is 0 Å². The number of rotatable bonds is 1. The minimum absolute atomic E-state index is 0.934. The Balaban J connectivity index is 2.48. The van der Waals surface area contributed by atoms with Crippen LogP contribution in [-0.2, 0) is 0 Å². The van der Waals surface area contributed by atoms with Crippen molar-refractivity contribution in [1.82, 2.24) is 0 Å². The molecule has 0 aliphatic carbocycles. The van der Waals surface area contributed by atoms with Crippen LogP contribution < -0.4 is 0 Å². The van der Waals surface area contributed by atoms with Gasteiger partial charge in [0.25, 0.3) is 0 Å². The fourth-order valence-corrected chi connectivity index (χ4v) is 2.43. The van der Waals surface area contributed by atoms with Crippen LogP contribution in [0.15, 0.2) is 0 Å². The van der Waals surface area contributed by atoms with E-state index >= 15 is 0 Å². The smallest absolute Gasteiger partial charge is 0.0811 e. The molecule has 66 valence electrons. The number of hydrogen-bond donors (Lipinski definition) is 0. The first-order valence-corrected chi connectivity index (χ1v) is 4.87. The average Bonchev–Trinajstić information content (AvgIpc) is 1.86. The van der Waals surface area contributed by atoms with Gasteiger partial charge in [0, 0.05) is 5.92 Å². The number of piperidine rings is 1. The molecule has 0 aromatic carbocycles. The summed E-state index contributed by atoms with van der Waals surface area (Å²) >= 11 is 0. The largest absolute Gasteiger partial charge is 0.328 e. The van der Waals surface area contributed by atoms with Crippen molar-refractivity contribution in [3.8, 4) is 0 Å². The molecule has 1 saturated heterocycles. The van der Waals surface area contributed by atoms with Crippen LogP contribution in [0.3, 0.4) is 0 Å². The second-order valence-corrected chi connectivity index (χ2v) is 4.78. The normalized spacial score (nSPS) is 37.1. The highest BCUT2D eigenvalue weighted by atomic mass is 15.3. The Bertz CT molecular complexity index is 129. The molecule has 0 aromatic rings. The summed E-state index contributed by atoms with van der Waals surface area (Å²) < 4.78 is 1.23. The predicted molar refractivity (Wildman–Crippen MR) is 49.4 cm³/mol. The van der Waals surface area contributed by atoms with Gasteiger partial charge < -0.3 is 4.48 Å². The molecule has 0 saturated carbocycles. The number of hydrogen-bond acceptors (Lipinski definition) is 0. The highest BCUT2D eigenvalue weighted by Crippen LogP contribution is 2.27. The second kappa shape index (κ2) is 3.14. The van der Waals surface area contributed by atoms with Crippen LogP contribution >= 0.6 is 0 Å². The Hall–Kier alpha value is -0.0400. The molecular weight excluding hydrogens is 134 g/mol. The van der Waals surface area contributed by atoms with E-state index in [-0.39, 0.29) is 0 Å². The fraction of sp³-hybridized carbons (Fsp3) is 1.00. The highest BCUT2D eigenvalue weighted by Gasteiger charge is 2.30. The molecule has 2 unspecified atom stereocenters. The number of quaternary nitrogens is 1. The van der Waals surface area contributed by atoms with Crippen molar-refractivity contribution in [2.75, 3.05) is 27.2 Å². The van der Waals surface area contributed by atoms with Crippen molar-refractivity contribution in [2.45, 2.75) is 26.7 Å². The average molecular weight is 156 g/mol. The monoisotopic (exact) mass is 156 g/mol. The zero-order valence-corrected chi connectivity index (χ0v) is 8.43. The maximum Gasteiger partial charge on any atom is 0.0811 e. The molecule has 1 fully saturated rings. The van der Waals surface area contributed by atoms with Gasteiger partial charge in [-0.2, -0.15) is 0 Å². The summed E-state index contributed by atoms with van der Waals surface area (Å²) in [5.41, 5.74) is 0. The fourth-order valence-electron chi connectivity index (χ4n) is 2.43. The topological polar surface area (TPSA) is 0 Å². The van der Waals surface area contributed by atoms with Crippen molar-refractivity contribution in [2.24, 2.45) is 11.8 Å². The van der Waals surface area contributed by atoms with Crippen LogP contribution in [0.1, 0.15) is 26.7 Å². The Morgan fingerprint density at radius 2 is 2.00 bits per heavy atom. The van der Waals surface area contributed by atoms with Gasteiger partial charge in [0.15, 0.2) is 0 Å². The second-order valence-electron chi connectivity index (χ2n) is 4.78. The molecule has 1 nitrogen and oxygen atoms in total. The summed E-state index contributed by atoms with van der Waals surface area (Å²) in [5, 5.41) is 0. The summed E-state index contributed by atoms with van der Waals surface area (Å²) in [6, 6.07) is 0. The molecule has 1 rings (SSSR count). The van der Waals surface area contributed by atoms with Crippen molar-refractivity contribution >= 4 is 0 Å². The third-order valence-corrected chi connectivity index (χ3v) is 3.22. The van der Waals surface area contributed by atoms with Crippen LogP contribution in [0.5, 0.6) is 0 Å². The molecule has 1 aliphatic rings. The van der Waals surface area contributed by atoms with Gasteiger partial charge in [0.1, 0.15) is 0 Å². The van der Waals surface area contributed by atoms with Crippen LogP contribution in [0.4, 0.5) is 0 Å². The molecule has 0 N–H and O–H groups in total. The number of nitrogens with zero attached hydrogens (tertiary/aromatic N) is 1. The van der Waals surface area contributed by atoms with Crippen molar-refractivity contribution < 1.29 is 4.48 Å². The first-order valence-electron chi connectivity index (χ1n) is 4.87. The van der Waals surface area contributed by atoms with E-state index in [2.05, 4.69) is 27.9 Å². The van der Waals surface area contributed by atoms with E-state index in [1.54, 1.807) is 0 Å². The van der Waals surface area contributed by atoms with Gasteiger partial charge in [-0.15, -0.1) is 0 Å². The molecule has 0 aromatic heterocycles. The highest BCUT2D eigenvalue weighted by molar-refractivity contribution is 4.68. The lowest BCUT2D eigenvalue weighted by molar-refractivity contribution is -0.900. The van der Waals surface area contributed by atoms with Gasteiger partial charge in [-0.3, -0.25) is 0 Å². The van der Waals surface area contributed by atoms with Gasteiger partial charge in [-0.1, -0.05) is 20.3 Å². The van der Waals surface area contributed by atoms with E-state index < -0.39 is 0 Å². The lowest BCUT2D eigenvalue weighted by Gasteiger charge is -2.40. The van der Waals surface area contributed by atoms with Crippen LogP contribution in [0, 0.1) is 11.8 Å². The van der Waals surface area contributed by atoms with E-state index in [0.717, 1.165) is 11.8 Å². The summed E-state index contributed by atoms with van der Waals surface area (Å²) in [7, 11) is 4.70. The van der Waals surface area contributed by atoms with E-state index in [0.29, 0.717) is 0 Å². The molecule has 1 heteroatoms. The molecule has 1 aliphatic heterocycles. The Labute approximate surface area is 71.0 Å². The zero-order valence-electron chi connectivity index (χ0n) is 8.43. The molecule has 0 spiro atoms. The van der Waals surface area contributed by atoms with E-state index in [1.807, 2.05) is 0 Å². The van der Waals surface area contributed by atoms with E-state index in [9.17, 15) is 0 Å². The quantitative estimate of drug-likeness (QED) is 0.510. The summed E-state index contributed by atoms with van der Waals surface area (Å²) in [5.74, 6) is 1.94. The zero-order chi connectivity index (χ0) is 8.48. The van der Waals surface area contributed by atoms with Gasteiger partial charge in [0.05, 0.1) is 27.2 Å². The van der Waals surface area contributed by atoms with Crippen molar-refractivity contribution in [1.29, 1.82) is 0 Å². The minimum Gasteiger partial charge on any atom is -0.328 e. The molecule has 11 heavy (non-hydrogen) atoms. The Morgan fingerprint density at radius 3 is 2.45 bits per heavy atom. The molecule has 0 bridgehead atoms. The Kier molecular flexibility index (Phi) is 2.58. The van der Waals surface area contributed by atoms with Crippen molar-refractivity contribution in [3.63, 3.8) is 0 Å². The van der Waals surface area contributed by atoms with E-state index in [1.165, 1.54) is 30.4 Å². The van der Waals surface area contributed by atoms with Gasteiger partial charge in [0.2, 0.25) is 0 Å². The first-order chi connectivity index (χ1) is 5.05. The van der Waals surface area contributed by atoms with Crippen LogP contribution in [-0.4, -0.2) is 31.7 Å². The first kappa shape index (κ1) is 9.05. The molecule has 1 heterocycles. The summed E-state index contributed by atoms with van der Waals surface area (Å²) in [6.07, 6.45) is 2.81. The summed E-state index contributed by atoms with van der Waals surface area (Å²) in [6.45, 7) is 7.49.